The molecule has 0 unspecified atom stereocenters. The maximum absolute atomic E-state index is 12.8. The van der Waals surface area contributed by atoms with E-state index in [0.29, 0.717) is 29.2 Å². The molecule has 172 valence electrons. The zero-order valence-corrected chi connectivity index (χ0v) is 19.3. The van der Waals surface area contributed by atoms with Crippen molar-refractivity contribution in [3.05, 3.63) is 46.0 Å². The van der Waals surface area contributed by atoms with Gasteiger partial charge < -0.3 is 14.9 Å². The number of amides is 1. The minimum Gasteiger partial charge on any atom is -0.449 e. The van der Waals surface area contributed by atoms with Crippen LogP contribution in [-0.4, -0.2) is 74.2 Å². The molecule has 0 bridgehead atoms. The molecule has 1 aromatic carbocycles. The highest BCUT2D eigenvalue weighted by Gasteiger charge is 2.55. The normalized spacial score (nSPS) is 26.1. The Kier molecular flexibility index (Phi) is 7.14. The number of thioether (sulfide) groups is 2. The number of likely N-dealkylation sites (tertiary alicyclic amines) is 1. The molecule has 0 radical (unpaired) electrons. The Bertz CT molecular complexity index is 924. The summed E-state index contributed by atoms with van der Waals surface area (Å²) >= 11 is 2.99. The summed E-state index contributed by atoms with van der Waals surface area (Å²) in [7, 11) is 0. The number of ketones is 1. The molecular formula is C22H26N2O6S2. The summed E-state index contributed by atoms with van der Waals surface area (Å²) < 4.78 is 5.70. The number of fused-ring (bicyclic) bond motifs is 1. The van der Waals surface area contributed by atoms with Gasteiger partial charge in [0, 0.05) is 30.5 Å². The molecule has 2 N–H and O–H groups in total. The van der Waals surface area contributed by atoms with Gasteiger partial charge in [0.2, 0.25) is 11.8 Å². The molecular weight excluding hydrogens is 452 g/mol. The van der Waals surface area contributed by atoms with E-state index in [1.54, 1.807) is 0 Å². The fourth-order valence-corrected chi connectivity index (χ4v) is 7.47. The number of benzene rings is 1. The standard InChI is InChI=1S/C22H26N2O6S2/c1-13(17(26)14-6-3-2-4-7-14)23-10-9-15(12-23)31-21-19(30-22(28)29)24-18(27)16(8-5-11-25)20(24)32-21/h2-4,6-7,13,15-16,20,25H,5,8-12H2,1H3,(H,28,29)/t13-,15-,16+,20+/m0/s1. The highest BCUT2D eigenvalue weighted by Crippen LogP contribution is 2.55. The van der Waals surface area contributed by atoms with E-state index < -0.39 is 6.16 Å². The van der Waals surface area contributed by atoms with Crippen LogP contribution in [0.5, 0.6) is 0 Å². The highest BCUT2D eigenvalue weighted by molar-refractivity contribution is 8.23. The average molecular weight is 479 g/mol. The van der Waals surface area contributed by atoms with Crippen LogP contribution < -0.4 is 0 Å². The number of aliphatic hydroxyl groups excluding tert-OH is 1. The van der Waals surface area contributed by atoms with Gasteiger partial charge in [-0.15, -0.1) is 11.8 Å². The van der Waals surface area contributed by atoms with E-state index >= 15 is 0 Å². The minimum atomic E-state index is -1.44. The summed E-state index contributed by atoms with van der Waals surface area (Å²) in [6, 6.07) is 9.00. The van der Waals surface area contributed by atoms with Crippen LogP contribution in [0.15, 0.2) is 40.5 Å². The molecule has 32 heavy (non-hydrogen) atoms. The summed E-state index contributed by atoms with van der Waals surface area (Å²) in [5.41, 5.74) is 0.694. The predicted octanol–water partition coefficient (Wildman–Crippen LogP) is 3.19. The summed E-state index contributed by atoms with van der Waals surface area (Å²) in [5, 5.41) is 18.2. The van der Waals surface area contributed by atoms with Crippen molar-refractivity contribution in [3.63, 3.8) is 0 Å². The number of Topliss-reactive ketones (excluding diaryl/α,β-unsaturated/α-hetero) is 1. The number of hydrogen-bond acceptors (Lipinski definition) is 8. The molecule has 1 amide bonds. The van der Waals surface area contributed by atoms with Gasteiger partial charge in [0.05, 0.1) is 12.0 Å². The lowest BCUT2D eigenvalue weighted by Crippen LogP contribution is -2.56. The molecule has 0 saturated carbocycles. The smallest absolute Gasteiger partial charge is 0.449 e. The van der Waals surface area contributed by atoms with Gasteiger partial charge in [0.1, 0.15) is 9.61 Å². The van der Waals surface area contributed by atoms with Crippen molar-refractivity contribution < 1.29 is 29.3 Å². The van der Waals surface area contributed by atoms with Crippen molar-refractivity contribution in [2.45, 2.75) is 42.9 Å². The van der Waals surface area contributed by atoms with Crippen molar-refractivity contribution in [1.82, 2.24) is 9.80 Å². The van der Waals surface area contributed by atoms with Crippen molar-refractivity contribution in [3.8, 4) is 0 Å². The molecule has 0 aromatic heterocycles. The first-order valence-electron chi connectivity index (χ1n) is 10.7. The molecule has 3 aliphatic heterocycles. The minimum absolute atomic E-state index is 0.0203. The van der Waals surface area contributed by atoms with Gasteiger partial charge in [-0.05, 0) is 26.2 Å². The number of carboxylic acid groups (broad SMARTS) is 1. The van der Waals surface area contributed by atoms with E-state index in [1.807, 2.05) is 37.3 Å². The van der Waals surface area contributed by atoms with Crippen LogP contribution in [0.3, 0.4) is 0 Å². The maximum Gasteiger partial charge on any atom is 0.512 e. The van der Waals surface area contributed by atoms with Crippen molar-refractivity contribution in [1.29, 1.82) is 0 Å². The van der Waals surface area contributed by atoms with Crippen LogP contribution in [-0.2, 0) is 9.53 Å². The first kappa shape index (κ1) is 23.2. The molecule has 2 saturated heterocycles. The van der Waals surface area contributed by atoms with Crippen LogP contribution in [0.4, 0.5) is 4.79 Å². The quantitative estimate of drug-likeness (QED) is 0.314. The lowest BCUT2D eigenvalue weighted by Gasteiger charge is -2.41. The van der Waals surface area contributed by atoms with Crippen molar-refractivity contribution >= 4 is 41.4 Å². The number of carbonyl (C=O) groups is 3. The number of ether oxygens (including phenoxy) is 1. The van der Waals surface area contributed by atoms with Crippen LogP contribution >= 0.6 is 23.5 Å². The third kappa shape index (κ3) is 4.54. The summed E-state index contributed by atoms with van der Waals surface area (Å²) in [5.74, 6) is -0.198. The Morgan fingerprint density at radius 2 is 2.06 bits per heavy atom. The third-order valence-electron chi connectivity index (χ3n) is 6.07. The first-order valence-corrected chi connectivity index (χ1v) is 12.4. The Morgan fingerprint density at radius 3 is 2.75 bits per heavy atom. The second-order valence-corrected chi connectivity index (χ2v) is 10.8. The number of aliphatic hydroxyl groups is 1. The van der Waals surface area contributed by atoms with E-state index in [0.717, 1.165) is 13.0 Å². The molecule has 10 heteroatoms. The third-order valence-corrected chi connectivity index (χ3v) is 8.92. The molecule has 0 aliphatic carbocycles. The van der Waals surface area contributed by atoms with Crippen molar-refractivity contribution in [2.75, 3.05) is 19.7 Å². The number of rotatable bonds is 9. The topological polar surface area (TPSA) is 107 Å². The van der Waals surface area contributed by atoms with Gasteiger partial charge in [-0.1, -0.05) is 42.1 Å². The van der Waals surface area contributed by atoms with E-state index in [9.17, 15) is 14.4 Å². The van der Waals surface area contributed by atoms with E-state index in [4.69, 9.17) is 14.9 Å². The lowest BCUT2D eigenvalue weighted by molar-refractivity contribution is -0.150. The fraction of sp³-hybridized carbons (Fsp3) is 0.500. The molecule has 1 aromatic rings. The monoisotopic (exact) mass is 478 g/mol. The van der Waals surface area contributed by atoms with Gasteiger partial charge in [-0.3, -0.25) is 19.4 Å². The lowest BCUT2D eigenvalue weighted by atomic mass is 9.93. The molecule has 3 aliphatic rings. The van der Waals surface area contributed by atoms with Crippen LogP contribution in [0, 0.1) is 5.92 Å². The first-order chi connectivity index (χ1) is 15.4. The Morgan fingerprint density at radius 1 is 1.31 bits per heavy atom. The van der Waals surface area contributed by atoms with Gasteiger partial charge in [-0.2, -0.15) is 0 Å². The van der Waals surface area contributed by atoms with Gasteiger partial charge in [0.15, 0.2) is 5.78 Å². The van der Waals surface area contributed by atoms with Gasteiger partial charge in [-0.25, -0.2) is 4.79 Å². The molecule has 8 nitrogen and oxygen atoms in total. The van der Waals surface area contributed by atoms with Crippen LogP contribution in [0.2, 0.25) is 0 Å². The number of β-lactam (4-membered cyclic amide) rings is 1. The maximum atomic E-state index is 12.8. The predicted molar refractivity (Wildman–Crippen MR) is 122 cm³/mol. The summed E-state index contributed by atoms with van der Waals surface area (Å²) in [6.07, 6.45) is 0.511. The van der Waals surface area contributed by atoms with Crippen LogP contribution in [0.1, 0.15) is 36.5 Å². The van der Waals surface area contributed by atoms with E-state index in [1.165, 1.54) is 28.4 Å². The molecule has 4 atom stereocenters. The molecule has 2 fully saturated rings. The second-order valence-electron chi connectivity index (χ2n) is 8.08. The SMILES string of the molecule is C[C@@H](C(=O)c1ccccc1)N1CC[C@H](SC2=C(OC(=O)O)N3C(=O)[C@@H](CCCO)[C@H]3S2)C1. The Labute approximate surface area is 195 Å². The fourth-order valence-electron chi connectivity index (χ4n) is 4.32. The summed E-state index contributed by atoms with van der Waals surface area (Å²) in [4.78, 5) is 40.2. The molecule has 3 heterocycles. The zero-order valence-electron chi connectivity index (χ0n) is 17.7. The second kappa shape index (κ2) is 9.86. The van der Waals surface area contributed by atoms with Crippen LogP contribution in [0.25, 0.3) is 0 Å². The van der Waals surface area contributed by atoms with Gasteiger partial charge in [0.25, 0.3) is 0 Å². The van der Waals surface area contributed by atoms with E-state index in [-0.39, 0.29) is 46.8 Å². The Balaban J connectivity index is 1.41. The molecule has 0 spiro atoms. The van der Waals surface area contributed by atoms with Gasteiger partial charge >= 0.3 is 6.16 Å². The largest absolute Gasteiger partial charge is 0.512 e. The summed E-state index contributed by atoms with van der Waals surface area (Å²) in [6.45, 7) is 3.41. The average Bonchev–Trinajstić information content (AvgIpc) is 3.37. The number of carbonyl (C=O) groups excluding carboxylic acids is 2. The Hall–Kier alpha value is -2.01. The van der Waals surface area contributed by atoms with E-state index in [2.05, 4.69) is 4.90 Å². The highest BCUT2D eigenvalue weighted by atomic mass is 32.2. The zero-order chi connectivity index (χ0) is 22.8. The van der Waals surface area contributed by atoms with Crippen molar-refractivity contribution in [2.24, 2.45) is 5.92 Å². The molecule has 4 rings (SSSR count). The number of nitrogens with zero attached hydrogens (tertiary/aromatic N) is 2. The number of hydrogen-bond donors (Lipinski definition) is 2.